The first kappa shape index (κ1) is 10.1. The average Bonchev–Trinajstić information content (AvgIpc) is 2.19. The van der Waals surface area contributed by atoms with Gasteiger partial charge in [0.15, 0.2) is 0 Å². The van der Waals surface area contributed by atoms with E-state index in [0.29, 0.717) is 5.92 Å². The SMILES string of the molecule is Fc1cccc(Br)c1[C@@H]1CCCNC1. The summed E-state index contributed by atoms with van der Waals surface area (Å²) in [5.41, 5.74) is 0.833. The summed E-state index contributed by atoms with van der Waals surface area (Å²) in [4.78, 5) is 0. The van der Waals surface area contributed by atoms with E-state index in [1.807, 2.05) is 6.07 Å². The average molecular weight is 258 g/mol. The lowest BCUT2D eigenvalue weighted by molar-refractivity contribution is 0.445. The van der Waals surface area contributed by atoms with Crippen molar-refractivity contribution in [2.24, 2.45) is 0 Å². The van der Waals surface area contributed by atoms with E-state index in [9.17, 15) is 4.39 Å². The van der Waals surface area contributed by atoms with Gasteiger partial charge in [0.25, 0.3) is 0 Å². The van der Waals surface area contributed by atoms with Crippen LogP contribution >= 0.6 is 15.9 Å². The van der Waals surface area contributed by atoms with Crippen molar-refractivity contribution in [3.05, 3.63) is 34.1 Å². The van der Waals surface area contributed by atoms with Gasteiger partial charge in [0.2, 0.25) is 0 Å². The molecule has 1 fully saturated rings. The Morgan fingerprint density at radius 1 is 1.43 bits per heavy atom. The number of hydrogen-bond acceptors (Lipinski definition) is 1. The van der Waals surface area contributed by atoms with E-state index in [0.717, 1.165) is 36.0 Å². The van der Waals surface area contributed by atoms with Gasteiger partial charge in [0.1, 0.15) is 5.82 Å². The molecule has 1 aliphatic heterocycles. The summed E-state index contributed by atoms with van der Waals surface area (Å²) in [6.07, 6.45) is 2.21. The molecular formula is C11H13BrFN. The third-order valence-corrected chi connectivity index (χ3v) is 3.40. The number of hydrogen-bond donors (Lipinski definition) is 1. The molecule has 1 saturated heterocycles. The van der Waals surface area contributed by atoms with Crippen LogP contribution in [0.4, 0.5) is 4.39 Å². The van der Waals surface area contributed by atoms with Crippen molar-refractivity contribution in [2.45, 2.75) is 18.8 Å². The fraction of sp³-hybridized carbons (Fsp3) is 0.455. The van der Waals surface area contributed by atoms with Gasteiger partial charge in [0, 0.05) is 22.5 Å². The molecule has 1 heterocycles. The van der Waals surface area contributed by atoms with Crippen LogP contribution in [0.5, 0.6) is 0 Å². The van der Waals surface area contributed by atoms with Gasteiger partial charge in [-0.3, -0.25) is 0 Å². The van der Waals surface area contributed by atoms with Crippen molar-refractivity contribution in [3.8, 4) is 0 Å². The highest BCUT2D eigenvalue weighted by Gasteiger charge is 2.20. The quantitative estimate of drug-likeness (QED) is 0.816. The van der Waals surface area contributed by atoms with Gasteiger partial charge in [-0.15, -0.1) is 0 Å². The Labute approximate surface area is 91.8 Å². The molecule has 0 aliphatic carbocycles. The van der Waals surface area contributed by atoms with Crippen molar-refractivity contribution in [1.29, 1.82) is 0 Å². The molecule has 76 valence electrons. The Bertz CT molecular complexity index is 301. The summed E-state index contributed by atoms with van der Waals surface area (Å²) in [5, 5.41) is 3.30. The molecule has 0 aromatic heterocycles. The minimum atomic E-state index is -0.0897. The van der Waals surface area contributed by atoms with Gasteiger partial charge in [-0.25, -0.2) is 4.39 Å². The van der Waals surface area contributed by atoms with Crippen molar-refractivity contribution < 1.29 is 4.39 Å². The molecule has 0 bridgehead atoms. The molecule has 14 heavy (non-hydrogen) atoms. The van der Waals surface area contributed by atoms with Crippen molar-refractivity contribution in [1.82, 2.24) is 5.32 Å². The summed E-state index contributed by atoms with van der Waals surface area (Å²) >= 11 is 3.41. The molecule has 0 spiro atoms. The van der Waals surface area contributed by atoms with Crippen molar-refractivity contribution in [3.63, 3.8) is 0 Å². The first-order chi connectivity index (χ1) is 6.79. The Morgan fingerprint density at radius 3 is 2.93 bits per heavy atom. The Balaban J connectivity index is 2.29. The maximum atomic E-state index is 13.6. The smallest absolute Gasteiger partial charge is 0.127 e. The summed E-state index contributed by atoms with van der Waals surface area (Å²) in [5.74, 6) is 0.229. The van der Waals surface area contributed by atoms with Gasteiger partial charge in [-0.2, -0.15) is 0 Å². The third-order valence-electron chi connectivity index (χ3n) is 2.70. The topological polar surface area (TPSA) is 12.0 Å². The van der Waals surface area contributed by atoms with Crippen LogP contribution < -0.4 is 5.32 Å². The Hall–Kier alpha value is -0.410. The molecule has 0 saturated carbocycles. The molecule has 3 heteroatoms. The molecule has 1 atom stereocenters. The number of piperidine rings is 1. The van der Waals surface area contributed by atoms with E-state index < -0.39 is 0 Å². The summed E-state index contributed by atoms with van der Waals surface area (Å²) in [6, 6.07) is 5.18. The number of benzene rings is 1. The fourth-order valence-electron chi connectivity index (χ4n) is 2.00. The fourth-order valence-corrected chi connectivity index (χ4v) is 2.66. The molecule has 1 nitrogen and oxygen atoms in total. The van der Waals surface area contributed by atoms with E-state index in [2.05, 4.69) is 21.2 Å². The van der Waals surface area contributed by atoms with E-state index >= 15 is 0 Å². The molecule has 1 aliphatic rings. The Morgan fingerprint density at radius 2 is 2.29 bits per heavy atom. The first-order valence-corrected chi connectivity index (χ1v) is 5.73. The molecule has 1 aromatic rings. The van der Waals surface area contributed by atoms with Gasteiger partial charge >= 0.3 is 0 Å². The summed E-state index contributed by atoms with van der Waals surface area (Å²) < 4.78 is 14.5. The van der Waals surface area contributed by atoms with Crippen LogP contribution in [0.25, 0.3) is 0 Å². The lowest BCUT2D eigenvalue weighted by atomic mass is 9.91. The standard InChI is InChI=1S/C11H13BrFN/c12-9-4-1-5-10(13)11(9)8-3-2-6-14-7-8/h1,4-5,8,14H,2-3,6-7H2/t8-/m1/s1. The maximum Gasteiger partial charge on any atom is 0.127 e. The third kappa shape index (κ3) is 1.98. The second-order valence-corrected chi connectivity index (χ2v) is 4.53. The second-order valence-electron chi connectivity index (χ2n) is 3.68. The largest absolute Gasteiger partial charge is 0.316 e. The minimum absolute atomic E-state index is 0.0897. The normalized spacial score (nSPS) is 22.3. The lowest BCUT2D eigenvalue weighted by Gasteiger charge is -2.24. The van der Waals surface area contributed by atoms with Gasteiger partial charge in [-0.05, 0) is 31.5 Å². The molecule has 2 rings (SSSR count). The van der Waals surface area contributed by atoms with Gasteiger partial charge < -0.3 is 5.32 Å². The van der Waals surface area contributed by atoms with E-state index in [1.165, 1.54) is 6.07 Å². The van der Waals surface area contributed by atoms with Crippen LogP contribution in [0.15, 0.2) is 22.7 Å². The zero-order chi connectivity index (χ0) is 9.97. The number of nitrogens with one attached hydrogen (secondary N) is 1. The van der Waals surface area contributed by atoms with Crippen LogP contribution in [-0.2, 0) is 0 Å². The summed E-state index contributed by atoms with van der Waals surface area (Å²) in [6.45, 7) is 1.95. The Kier molecular flexibility index (Phi) is 3.19. The van der Waals surface area contributed by atoms with Gasteiger partial charge in [-0.1, -0.05) is 22.0 Å². The summed E-state index contributed by atoms with van der Waals surface area (Å²) in [7, 11) is 0. The van der Waals surface area contributed by atoms with E-state index in [1.54, 1.807) is 6.07 Å². The highest BCUT2D eigenvalue weighted by Crippen LogP contribution is 2.31. The molecule has 0 radical (unpaired) electrons. The number of rotatable bonds is 1. The van der Waals surface area contributed by atoms with Crippen LogP contribution in [0.2, 0.25) is 0 Å². The van der Waals surface area contributed by atoms with E-state index in [-0.39, 0.29) is 5.82 Å². The van der Waals surface area contributed by atoms with Crippen molar-refractivity contribution >= 4 is 15.9 Å². The van der Waals surface area contributed by atoms with Crippen LogP contribution in [0.1, 0.15) is 24.3 Å². The zero-order valence-electron chi connectivity index (χ0n) is 7.89. The molecular weight excluding hydrogens is 245 g/mol. The first-order valence-electron chi connectivity index (χ1n) is 4.93. The predicted molar refractivity (Wildman–Crippen MR) is 58.9 cm³/mol. The number of halogens is 2. The van der Waals surface area contributed by atoms with Crippen LogP contribution in [-0.4, -0.2) is 13.1 Å². The molecule has 0 unspecified atom stereocenters. The zero-order valence-corrected chi connectivity index (χ0v) is 9.48. The maximum absolute atomic E-state index is 13.6. The predicted octanol–water partition coefficient (Wildman–Crippen LogP) is 3.06. The minimum Gasteiger partial charge on any atom is -0.316 e. The van der Waals surface area contributed by atoms with E-state index in [4.69, 9.17) is 0 Å². The van der Waals surface area contributed by atoms with Crippen LogP contribution in [0, 0.1) is 5.82 Å². The second kappa shape index (κ2) is 4.41. The molecule has 0 amide bonds. The van der Waals surface area contributed by atoms with Crippen LogP contribution in [0.3, 0.4) is 0 Å². The highest BCUT2D eigenvalue weighted by atomic mass is 79.9. The molecule has 1 aromatic carbocycles. The van der Waals surface area contributed by atoms with Gasteiger partial charge in [0.05, 0.1) is 0 Å². The lowest BCUT2D eigenvalue weighted by Crippen LogP contribution is -2.29. The van der Waals surface area contributed by atoms with Crippen molar-refractivity contribution in [2.75, 3.05) is 13.1 Å². The molecule has 1 N–H and O–H groups in total. The highest BCUT2D eigenvalue weighted by molar-refractivity contribution is 9.10. The monoisotopic (exact) mass is 257 g/mol.